The van der Waals surface area contributed by atoms with Gasteiger partial charge in [-0.15, -0.1) is 0 Å². The molecular weight excluding hydrogens is 494 g/mol. The van der Waals surface area contributed by atoms with Crippen LogP contribution in [0.4, 0.5) is 11.4 Å². The fourth-order valence-electron chi connectivity index (χ4n) is 5.60. The Bertz CT molecular complexity index is 1450. The van der Waals surface area contributed by atoms with Gasteiger partial charge in [-0.25, -0.2) is 4.99 Å². The summed E-state index contributed by atoms with van der Waals surface area (Å²) >= 11 is 6.44. The maximum atomic E-state index is 14.2. The predicted molar refractivity (Wildman–Crippen MR) is 154 cm³/mol. The zero-order valence-electron chi connectivity index (χ0n) is 22.3. The number of fused-ring (bicyclic) bond motifs is 1. The minimum Gasteiger partial charge on any atom is -0.342 e. The van der Waals surface area contributed by atoms with E-state index in [1.165, 1.54) is 0 Å². The third-order valence-electron chi connectivity index (χ3n) is 7.60. The zero-order valence-corrected chi connectivity index (χ0v) is 23.0. The number of amides is 1. The number of halogens is 1. The standard InChI is InChI=1S/C31H32ClN5O/c1-19-11-23(32)14-25(12-19)37-18-35-29-13-20(2)27(26-9-5-7-22(16-33)21(26)3)15-28(29)30(37)31(38)36(4)17-24-8-6-10-34-24/h5,7,9,11-15,18,24,30,34H,6,8,10,17H2,1-4H3/t24-,30?/m0/s1. The number of aryl methyl sites for hydroxylation is 2. The van der Waals surface area contributed by atoms with Crippen molar-refractivity contribution < 1.29 is 4.79 Å². The molecule has 0 aliphatic carbocycles. The summed E-state index contributed by atoms with van der Waals surface area (Å²) < 4.78 is 0. The van der Waals surface area contributed by atoms with Crippen molar-refractivity contribution in [2.45, 2.75) is 45.7 Å². The number of hydrogen-bond donors (Lipinski definition) is 1. The Balaban J connectivity index is 1.64. The molecule has 2 atom stereocenters. The molecule has 7 heteroatoms. The quantitative estimate of drug-likeness (QED) is 0.428. The number of benzene rings is 3. The highest BCUT2D eigenvalue weighted by atomic mass is 35.5. The average molecular weight is 526 g/mol. The number of nitrogens with one attached hydrogen (secondary N) is 1. The first-order valence-electron chi connectivity index (χ1n) is 13.0. The van der Waals surface area contributed by atoms with E-state index in [2.05, 4.69) is 17.5 Å². The molecule has 2 aliphatic rings. The Morgan fingerprint density at radius 3 is 2.71 bits per heavy atom. The lowest BCUT2D eigenvalue weighted by Crippen LogP contribution is -2.46. The molecule has 0 spiro atoms. The maximum Gasteiger partial charge on any atom is 0.250 e. The van der Waals surface area contributed by atoms with Gasteiger partial charge in [0.1, 0.15) is 6.04 Å². The molecule has 5 rings (SSSR count). The van der Waals surface area contributed by atoms with Gasteiger partial charge in [0.25, 0.3) is 0 Å². The summed E-state index contributed by atoms with van der Waals surface area (Å²) in [6.07, 6.45) is 3.94. The molecular formula is C31H32ClN5O. The molecule has 0 aromatic heterocycles. The van der Waals surface area contributed by atoms with Gasteiger partial charge in [-0.05, 0) is 104 Å². The molecule has 38 heavy (non-hydrogen) atoms. The fourth-order valence-corrected chi connectivity index (χ4v) is 5.88. The lowest BCUT2D eigenvalue weighted by atomic mass is 9.89. The van der Waals surface area contributed by atoms with Crippen LogP contribution in [-0.4, -0.2) is 43.3 Å². The van der Waals surface area contributed by atoms with E-state index >= 15 is 0 Å². The minimum atomic E-state index is -0.606. The van der Waals surface area contributed by atoms with E-state index < -0.39 is 6.04 Å². The second kappa shape index (κ2) is 10.6. The van der Waals surface area contributed by atoms with Crippen LogP contribution in [0.3, 0.4) is 0 Å². The van der Waals surface area contributed by atoms with Crippen LogP contribution in [0, 0.1) is 32.1 Å². The molecule has 6 nitrogen and oxygen atoms in total. The Morgan fingerprint density at radius 2 is 2.00 bits per heavy atom. The normalized spacial score (nSPS) is 18.3. The van der Waals surface area contributed by atoms with Crippen molar-refractivity contribution >= 4 is 35.2 Å². The van der Waals surface area contributed by atoms with Crippen molar-refractivity contribution in [3.05, 3.63) is 81.4 Å². The van der Waals surface area contributed by atoms with Crippen LogP contribution in [0.5, 0.6) is 0 Å². The summed E-state index contributed by atoms with van der Waals surface area (Å²) in [7, 11) is 1.88. The van der Waals surface area contributed by atoms with Crippen molar-refractivity contribution in [2.75, 3.05) is 25.0 Å². The number of aliphatic imine (C=N–C) groups is 1. The molecule has 0 saturated carbocycles. The predicted octanol–water partition coefficient (Wildman–Crippen LogP) is 6.24. The van der Waals surface area contributed by atoms with Crippen molar-refractivity contribution in [2.24, 2.45) is 4.99 Å². The molecule has 3 aromatic carbocycles. The van der Waals surface area contributed by atoms with E-state index in [1.807, 2.05) is 80.1 Å². The molecule has 1 N–H and O–H groups in total. The van der Waals surface area contributed by atoms with Gasteiger partial charge in [0.15, 0.2) is 0 Å². The number of carbonyl (C=O) groups is 1. The highest BCUT2D eigenvalue weighted by Crippen LogP contribution is 2.42. The first kappa shape index (κ1) is 26.0. The highest BCUT2D eigenvalue weighted by Gasteiger charge is 2.36. The van der Waals surface area contributed by atoms with Crippen LogP contribution >= 0.6 is 11.6 Å². The average Bonchev–Trinajstić information content (AvgIpc) is 3.40. The molecule has 1 saturated heterocycles. The van der Waals surface area contributed by atoms with Crippen LogP contribution in [0.1, 0.15) is 46.7 Å². The maximum absolute atomic E-state index is 14.2. The summed E-state index contributed by atoms with van der Waals surface area (Å²) in [6, 6.07) is 17.7. The molecule has 1 unspecified atom stereocenters. The fraction of sp³-hybridized carbons (Fsp3) is 0.323. The molecule has 2 heterocycles. The van der Waals surface area contributed by atoms with Crippen molar-refractivity contribution in [1.82, 2.24) is 10.2 Å². The molecule has 0 radical (unpaired) electrons. The van der Waals surface area contributed by atoms with E-state index in [9.17, 15) is 10.1 Å². The van der Waals surface area contributed by atoms with E-state index in [4.69, 9.17) is 16.6 Å². The Kier molecular flexibility index (Phi) is 7.25. The van der Waals surface area contributed by atoms with Crippen LogP contribution in [-0.2, 0) is 4.79 Å². The van der Waals surface area contributed by atoms with Crippen molar-refractivity contribution in [3.63, 3.8) is 0 Å². The molecule has 2 aliphatic heterocycles. The van der Waals surface area contributed by atoms with Crippen LogP contribution < -0.4 is 10.2 Å². The lowest BCUT2D eigenvalue weighted by Gasteiger charge is -2.36. The lowest BCUT2D eigenvalue weighted by molar-refractivity contribution is -0.131. The van der Waals surface area contributed by atoms with Crippen LogP contribution in [0.25, 0.3) is 11.1 Å². The van der Waals surface area contributed by atoms with Gasteiger partial charge in [0.2, 0.25) is 5.91 Å². The van der Waals surface area contributed by atoms with Crippen LogP contribution in [0.15, 0.2) is 53.5 Å². The molecule has 0 bridgehead atoms. The molecule has 1 fully saturated rings. The molecule has 194 valence electrons. The number of anilines is 1. The van der Waals surface area contributed by atoms with E-state index in [-0.39, 0.29) is 5.91 Å². The van der Waals surface area contributed by atoms with Gasteiger partial charge >= 0.3 is 0 Å². The Morgan fingerprint density at radius 1 is 1.18 bits per heavy atom. The van der Waals surface area contributed by atoms with Gasteiger partial charge in [-0.2, -0.15) is 5.26 Å². The number of carbonyl (C=O) groups excluding carboxylic acids is 1. The van der Waals surface area contributed by atoms with Gasteiger partial charge in [-0.1, -0.05) is 23.7 Å². The van der Waals surface area contributed by atoms with Crippen LogP contribution in [0.2, 0.25) is 5.02 Å². The third-order valence-corrected chi connectivity index (χ3v) is 7.82. The molecule has 3 aromatic rings. The van der Waals surface area contributed by atoms with E-state index in [1.54, 1.807) is 6.34 Å². The number of likely N-dealkylation sites (N-methyl/N-ethyl adjacent to an activating group) is 1. The third kappa shape index (κ3) is 4.92. The first-order chi connectivity index (χ1) is 18.3. The topological polar surface area (TPSA) is 71.7 Å². The summed E-state index contributed by atoms with van der Waals surface area (Å²) in [5.74, 6) is 0.000953. The number of hydrogen-bond acceptors (Lipinski definition) is 5. The van der Waals surface area contributed by atoms with Crippen molar-refractivity contribution in [1.29, 1.82) is 5.26 Å². The summed E-state index contributed by atoms with van der Waals surface area (Å²) in [5, 5.41) is 13.7. The minimum absolute atomic E-state index is 0.000953. The Hall–Kier alpha value is -3.66. The second-order valence-corrected chi connectivity index (χ2v) is 10.8. The summed E-state index contributed by atoms with van der Waals surface area (Å²) in [6.45, 7) is 7.64. The number of nitrogens with zero attached hydrogens (tertiary/aromatic N) is 4. The van der Waals surface area contributed by atoms with Gasteiger partial charge < -0.3 is 15.1 Å². The SMILES string of the molecule is Cc1cc(Cl)cc(N2C=Nc3cc(C)c(-c4cccc(C#N)c4C)cc3C2C(=O)N(C)C[C@@H]2CCCN2)c1. The second-order valence-electron chi connectivity index (χ2n) is 10.4. The zero-order chi connectivity index (χ0) is 27.0. The Labute approximate surface area is 229 Å². The van der Waals surface area contributed by atoms with E-state index in [0.717, 1.165) is 64.1 Å². The van der Waals surface area contributed by atoms with Gasteiger partial charge in [-0.3, -0.25) is 4.79 Å². The summed E-state index contributed by atoms with van der Waals surface area (Å²) in [4.78, 5) is 22.8. The van der Waals surface area contributed by atoms with Gasteiger partial charge in [0.05, 0.1) is 23.7 Å². The number of rotatable bonds is 5. The summed E-state index contributed by atoms with van der Waals surface area (Å²) in [5.41, 5.74) is 8.03. The number of nitriles is 1. The highest BCUT2D eigenvalue weighted by molar-refractivity contribution is 6.31. The van der Waals surface area contributed by atoms with Crippen molar-refractivity contribution in [3.8, 4) is 17.2 Å². The molecule has 1 amide bonds. The van der Waals surface area contributed by atoms with E-state index in [0.29, 0.717) is 23.2 Å². The van der Waals surface area contributed by atoms with Gasteiger partial charge in [0, 0.05) is 35.9 Å². The smallest absolute Gasteiger partial charge is 0.250 e. The monoisotopic (exact) mass is 525 g/mol. The largest absolute Gasteiger partial charge is 0.342 e. The first-order valence-corrected chi connectivity index (χ1v) is 13.4.